The van der Waals surface area contributed by atoms with Gasteiger partial charge in [-0.25, -0.2) is 0 Å². The smallest absolute Gasteiger partial charge is 0.255 e. The fourth-order valence-corrected chi connectivity index (χ4v) is 2.11. The molecule has 102 valence electrons. The highest BCUT2D eigenvalue weighted by Crippen LogP contribution is 2.08. The standard InChI is InChI=1S/C13H17N3O3/c1-15(9-12(18)16-6-2-3-7-16)13(19)10-4-5-11(17)14-8-10/h4-5,8H,2-3,6-7,9H2,1H3,(H,14,17). The molecule has 0 aliphatic carbocycles. The van der Waals surface area contributed by atoms with Crippen LogP contribution < -0.4 is 5.56 Å². The number of rotatable bonds is 3. The molecule has 0 radical (unpaired) electrons. The predicted octanol–water partition coefficient (Wildman–Crippen LogP) is 0.0693. The van der Waals surface area contributed by atoms with E-state index in [9.17, 15) is 14.4 Å². The molecule has 6 nitrogen and oxygen atoms in total. The Hall–Kier alpha value is -2.11. The summed E-state index contributed by atoms with van der Waals surface area (Å²) < 4.78 is 0. The third-order valence-electron chi connectivity index (χ3n) is 3.21. The molecular formula is C13H17N3O3. The third kappa shape index (κ3) is 3.21. The summed E-state index contributed by atoms with van der Waals surface area (Å²) in [6.45, 7) is 1.62. The topological polar surface area (TPSA) is 73.5 Å². The van der Waals surface area contributed by atoms with Gasteiger partial charge in [-0.05, 0) is 18.9 Å². The normalized spacial score (nSPS) is 14.5. The number of likely N-dealkylation sites (tertiary alicyclic amines) is 1. The van der Waals surface area contributed by atoms with Crippen molar-refractivity contribution in [3.63, 3.8) is 0 Å². The number of aromatic amines is 1. The summed E-state index contributed by atoms with van der Waals surface area (Å²) in [6.07, 6.45) is 3.42. The van der Waals surface area contributed by atoms with Crippen LogP contribution in [0.2, 0.25) is 0 Å². The summed E-state index contributed by atoms with van der Waals surface area (Å²) in [4.78, 5) is 40.5. The molecule has 0 spiro atoms. The highest BCUT2D eigenvalue weighted by Gasteiger charge is 2.21. The molecule has 1 aromatic rings. The van der Waals surface area contributed by atoms with Gasteiger partial charge in [0.25, 0.3) is 5.91 Å². The van der Waals surface area contributed by atoms with Gasteiger partial charge >= 0.3 is 0 Å². The number of aromatic nitrogens is 1. The fourth-order valence-electron chi connectivity index (χ4n) is 2.11. The van der Waals surface area contributed by atoms with E-state index in [1.807, 2.05) is 0 Å². The summed E-state index contributed by atoms with van der Waals surface area (Å²) >= 11 is 0. The van der Waals surface area contributed by atoms with E-state index in [0.717, 1.165) is 25.9 Å². The molecule has 1 fully saturated rings. The Kier molecular flexibility index (Phi) is 3.99. The fraction of sp³-hybridized carbons (Fsp3) is 0.462. The van der Waals surface area contributed by atoms with Crippen molar-refractivity contribution in [3.8, 4) is 0 Å². The van der Waals surface area contributed by atoms with E-state index in [-0.39, 0.29) is 23.9 Å². The van der Waals surface area contributed by atoms with Crippen molar-refractivity contribution in [2.75, 3.05) is 26.7 Å². The Morgan fingerprint density at radius 1 is 1.32 bits per heavy atom. The van der Waals surface area contributed by atoms with Crippen LogP contribution in [0.3, 0.4) is 0 Å². The highest BCUT2D eigenvalue weighted by atomic mass is 16.2. The maximum Gasteiger partial charge on any atom is 0.255 e. The SMILES string of the molecule is CN(CC(=O)N1CCCC1)C(=O)c1ccc(=O)[nH]c1. The van der Waals surface area contributed by atoms with Crippen LogP contribution in [0.15, 0.2) is 23.1 Å². The van der Waals surface area contributed by atoms with Crippen molar-refractivity contribution < 1.29 is 9.59 Å². The van der Waals surface area contributed by atoms with Gasteiger partial charge in [-0.15, -0.1) is 0 Å². The summed E-state index contributed by atoms with van der Waals surface area (Å²) in [5.74, 6) is -0.304. The molecule has 0 bridgehead atoms. The van der Waals surface area contributed by atoms with E-state index in [0.29, 0.717) is 5.56 Å². The zero-order chi connectivity index (χ0) is 13.8. The van der Waals surface area contributed by atoms with Crippen LogP contribution in [0.1, 0.15) is 23.2 Å². The second kappa shape index (κ2) is 5.69. The zero-order valence-electron chi connectivity index (χ0n) is 10.9. The lowest BCUT2D eigenvalue weighted by Crippen LogP contribution is -2.39. The summed E-state index contributed by atoms with van der Waals surface area (Å²) in [5, 5.41) is 0. The monoisotopic (exact) mass is 263 g/mol. The molecule has 2 heterocycles. The van der Waals surface area contributed by atoms with E-state index < -0.39 is 0 Å². The van der Waals surface area contributed by atoms with Crippen LogP contribution in [-0.2, 0) is 4.79 Å². The maximum absolute atomic E-state index is 12.0. The molecule has 0 aromatic carbocycles. The molecule has 1 aromatic heterocycles. The van der Waals surface area contributed by atoms with E-state index in [4.69, 9.17) is 0 Å². The summed E-state index contributed by atoms with van der Waals surface area (Å²) in [5.41, 5.74) is 0.115. The molecule has 1 N–H and O–H groups in total. The Bertz CT molecular complexity index is 512. The summed E-state index contributed by atoms with van der Waals surface area (Å²) in [6, 6.07) is 2.75. The average Bonchev–Trinajstić information content (AvgIpc) is 2.92. The van der Waals surface area contributed by atoms with Crippen LogP contribution in [0.25, 0.3) is 0 Å². The largest absolute Gasteiger partial charge is 0.341 e. The third-order valence-corrected chi connectivity index (χ3v) is 3.21. The molecule has 0 unspecified atom stereocenters. The number of carbonyl (C=O) groups excluding carboxylic acids is 2. The quantitative estimate of drug-likeness (QED) is 0.838. The molecule has 6 heteroatoms. The van der Waals surface area contributed by atoms with Gasteiger partial charge in [-0.2, -0.15) is 0 Å². The van der Waals surface area contributed by atoms with Gasteiger partial charge in [0.15, 0.2) is 0 Å². The minimum Gasteiger partial charge on any atom is -0.341 e. The number of H-pyrrole nitrogens is 1. The second-order valence-corrected chi connectivity index (χ2v) is 4.69. The van der Waals surface area contributed by atoms with Crippen molar-refractivity contribution in [2.45, 2.75) is 12.8 Å². The molecule has 0 atom stereocenters. The number of amides is 2. The highest BCUT2D eigenvalue weighted by molar-refractivity contribution is 5.96. The number of nitrogens with zero attached hydrogens (tertiary/aromatic N) is 2. The summed E-state index contributed by atoms with van der Waals surface area (Å²) in [7, 11) is 1.58. The Morgan fingerprint density at radius 2 is 2.00 bits per heavy atom. The Balaban J connectivity index is 1.97. The van der Waals surface area contributed by atoms with Crippen molar-refractivity contribution in [3.05, 3.63) is 34.2 Å². The first-order valence-electron chi connectivity index (χ1n) is 6.30. The molecule has 1 aliphatic rings. The lowest BCUT2D eigenvalue weighted by atomic mass is 10.2. The lowest BCUT2D eigenvalue weighted by Gasteiger charge is -2.21. The number of hydrogen-bond donors (Lipinski definition) is 1. The van der Waals surface area contributed by atoms with Gasteiger partial charge in [0.1, 0.15) is 0 Å². The average molecular weight is 263 g/mol. The minimum absolute atomic E-state index is 0.0298. The zero-order valence-corrected chi connectivity index (χ0v) is 10.9. The lowest BCUT2D eigenvalue weighted by molar-refractivity contribution is -0.130. The maximum atomic E-state index is 12.0. The first kappa shape index (κ1) is 13.3. The van der Waals surface area contributed by atoms with Crippen LogP contribution in [0.5, 0.6) is 0 Å². The minimum atomic E-state index is -0.274. The first-order chi connectivity index (χ1) is 9.08. The van der Waals surface area contributed by atoms with Gasteiger partial charge in [0.05, 0.1) is 12.1 Å². The number of hydrogen-bond acceptors (Lipinski definition) is 3. The van der Waals surface area contributed by atoms with E-state index in [1.54, 1.807) is 11.9 Å². The van der Waals surface area contributed by atoms with Crippen molar-refractivity contribution in [2.24, 2.45) is 0 Å². The van der Waals surface area contributed by atoms with Gasteiger partial charge in [0, 0.05) is 32.4 Å². The van der Waals surface area contributed by atoms with Gasteiger partial charge in [-0.3, -0.25) is 14.4 Å². The van der Waals surface area contributed by atoms with Gasteiger partial charge in [-0.1, -0.05) is 0 Å². The van der Waals surface area contributed by atoms with E-state index >= 15 is 0 Å². The molecule has 19 heavy (non-hydrogen) atoms. The van der Waals surface area contributed by atoms with Crippen molar-refractivity contribution >= 4 is 11.8 Å². The van der Waals surface area contributed by atoms with Gasteiger partial charge in [0.2, 0.25) is 11.5 Å². The van der Waals surface area contributed by atoms with Crippen LogP contribution in [-0.4, -0.2) is 53.3 Å². The molecule has 2 amide bonds. The molecule has 1 saturated heterocycles. The van der Waals surface area contributed by atoms with Crippen molar-refractivity contribution in [1.29, 1.82) is 0 Å². The van der Waals surface area contributed by atoms with Crippen LogP contribution in [0.4, 0.5) is 0 Å². The molecule has 2 rings (SSSR count). The second-order valence-electron chi connectivity index (χ2n) is 4.69. The Morgan fingerprint density at radius 3 is 2.58 bits per heavy atom. The van der Waals surface area contributed by atoms with E-state index in [2.05, 4.69) is 4.98 Å². The van der Waals surface area contributed by atoms with E-state index in [1.165, 1.54) is 23.2 Å². The molecular weight excluding hydrogens is 246 g/mol. The molecule has 0 saturated carbocycles. The number of carbonyl (C=O) groups is 2. The Labute approximate surface area is 111 Å². The number of pyridine rings is 1. The first-order valence-corrected chi connectivity index (χ1v) is 6.30. The number of nitrogens with one attached hydrogen (secondary N) is 1. The van der Waals surface area contributed by atoms with Crippen LogP contribution >= 0.6 is 0 Å². The number of likely N-dealkylation sites (N-methyl/N-ethyl adjacent to an activating group) is 1. The predicted molar refractivity (Wildman–Crippen MR) is 69.8 cm³/mol. The van der Waals surface area contributed by atoms with Crippen LogP contribution in [0, 0.1) is 0 Å². The molecule has 1 aliphatic heterocycles. The van der Waals surface area contributed by atoms with Crippen molar-refractivity contribution in [1.82, 2.24) is 14.8 Å². The van der Waals surface area contributed by atoms with Gasteiger partial charge < -0.3 is 14.8 Å².